The molecule has 0 amide bonds. The average molecular weight is 185 g/mol. The summed E-state index contributed by atoms with van der Waals surface area (Å²) >= 11 is 0. The first-order chi connectivity index (χ1) is 6.18. The lowest BCUT2D eigenvalue weighted by atomic mass is 9.84. The fourth-order valence-electron chi connectivity index (χ4n) is 2.46. The minimum Gasteiger partial charge on any atom is -0.390 e. The summed E-state index contributed by atoms with van der Waals surface area (Å²) in [5.74, 6) is 0. The smallest absolute Gasteiger partial charge is 0.0793 e. The first-order valence-electron chi connectivity index (χ1n) is 5.31. The van der Waals surface area contributed by atoms with Crippen molar-refractivity contribution >= 4 is 0 Å². The van der Waals surface area contributed by atoms with E-state index in [0.717, 1.165) is 45.3 Å². The predicted octanol–water partition coefficient (Wildman–Crippen LogP) is 0.358. The van der Waals surface area contributed by atoms with Crippen molar-refractivity contribution in [3.63, 3.8) is 0 Å². The van der Waals surface area contributed by atoms with Crippen LogP contribution >= 0.6 is 0 Å². The average Bonchev–Trinajstić information content (AvgIpc) is 2.02. The zero-order valence-electron chi connectivity index (χ0n) is 8.08. The molecule has 0 unspecified atom stereocenters. The van der Waals surface area contributed by atoms with E-state index in [4.69, 9.17) is 5.11 Å². The van der Waals surface area contributed by atoms with E-state index in [1.165, 1.54) is 6.42 Å². The Morgan fingerprint density at radius 3 is 2.31 bits per heavy atom. The maximum absolute atomic E-state index is 10.2. The maximum atomic E-state index is 10.2. The van der Waals surface area contributed by atoms with Crippen molar-refractivity contribution < 1.29 is 10.2 Å². The van der Waals surface area contributed by atoms with Gasteiger partial charge in [0, 0.05) is 19.6 Å². The van der Waals surface area contributed by atoms with Crippen molar-refractivity contribution in [3.05, 3.63) is 0 Å². The molecule has 76 valence electrons. The predicted molar refractivity (Wildman–Crippen MR) is 50.5 cm³/mol. The molecule has 2 rings (SSSR count). The topological polar surface area (TPSA) is 43.7 Å². The van der Waals surface area contributed by atoms with Crippen LogP contribution in [0.5, 0.6) is 0 Å². The maximum Gasteiger partial charge on any atom is 0.0793 e. The minimum atomic E-state index is -0.446. The normalized spacial score (nSPS) is 30.0. The van der Waals surface area contributed by atoms with Crippen LogP contribution in [0.15, 0.2) is 0 Å². The third-order valence-corrected chi connectivity index (χ3v) is 3.24. The summed E-state index contributed by atoms with van der Waals surface area (Å²) in [5.41, 5.74) is -0.446. The van der Waals surface area contributed by atoms with Gasteiger partial charge < -0.3 is 10.2 Å². The lowest BCUT2D eigenvalue weighted by Gasteiger charge is -2.43. The lowest BCUT2D eigenvalue weighted by Crippen LogP contribution is -2.56. The molecule has 0 bridgehead atoms. The molecule has 0 aromatic heterocycles. The second-order valence-electron chi connectivity index (χ2n) is 4.63. The van der Waals surface area contributed by atoms with E-state index >= 15 is 0 Å². The van der Waals surface area contributed by atoms with Crippen LogP contribution in [-0.4, -0.2) is 46.5 Å². The lowest BCUT2D eigenvalue weighted by molar-refractivity contribution is -0.0750. The van der Waals surface area contributed by atoms with Crippen molar-refractivity contribution in [2.24, 2.45) is 0 Å². The fourth-order valence-corrected chi connectivity index (χ4v) is 2.46. The second-order valence-corrected chi connectivity index (χ2v) is 4.63. The van der Waals surface area contributed by atoms with Gasteiger partial charge in [0.25, 0.3) is 0 Å². The van der Waals surface area contributed by atoms with Crippen LogP contribution in [0.2, 0.25) is 0 Å². The van der Waals surface area contributed by atoms with Crippen LogP contribution in [0, 0.1) is 0 Å². The van der Waals surface area contributed by atoms with Crippen LogP contribution in [0.25, 0.3) is 0 Å². The molecule has 13 heavy (non-hydrogen) atoms. The Morgan fingerprint density at radius 1 is 1.15 bits per heavy atom. The second kappa shape index (κ2) is 3.56. The van der Waals surface area contributed by atoms with Gasteiger partial charge in [-0.3, -0.25) is 4.90 Å². The molecule has 2 aliphatic rings. The monoisotopic (exact) mass is 185 g/mol. The molecular formula is C10H19NO2. The molecular weight excluding hydrogens is 166 g/mol. The van der Waals surface area contributed by atoms with Crippen LogP contribution in [0.1, 0.15) is 32.1 Å². The van der Waals surface area contributed by atoms with Crippen molar-refractivity contribution in [3.8, 4) is 0 Å². The summed E-state index contributed by atoms with van der Waals surface area (Å²) < 4.78 is 0. The summed E-state index contributed by atoms with van der Waals surface area (Å²) in [6.45, 7) is 2.27. The Labute approximate surface area is 79.4 Å². The molecule has 1 saturated heterocycles. The molecule has 1 saturated carbocycles. The minimum absolute atomic E-state index is 0.146. The summed E-state index contributed by atoms with van der Waals surface area (Å²) in [7, 11) is 0. The number of hydrogen-bond acceptors (Lipinski definition) is 3. The van der Waals surface area contributed by atoms with Crippen molar-refractivity contribution in [2.45, 2.75) is 43.8 Å². The highest BCUT2D eigenvalue weighted by atomic mass is 16.3. The van der Waals surface area contributed by atoms with Gasteiger partial charge in [0.2, 0.25) is 0 Å². The van der Waals surface area contributed by atoms with E-state index in [1.807, 2.05) is 0 Å². The van der Waals surface area contributed by atoms with E-state index in [9.17, 15) is 5.11 Å². The van der Waals surface area contributed by atoms with Crippen molar-refractivity contribution in [1.29, 1.82) is 0 Å². The SMILES string of the molecule is OC1CN(CC2(O)CCCCC2)C1. The summed E-state index contributed by atoms with van der Waals surface area (Å²) in [6.07, 6.45) is 5.33. The molecule has 3 nitrogen and oxygen atoms in total. The number of aliphatic hydroxyl groups excluding tert-OH is 1. The van der Waals surface area contributed by atoms with Crippen LogP contribution in [0.3, 0.4) is 0 Å². The fraction of sp³-hybridized carbons (Fsp3) is 1.00. The third-order valence-electron chi connectivity index (χ3n) is 3.24. The van der Waals surface area contributed by atoms with Gasteiger partial charge in [-0.15, -0.1) is 0 Å². The van der Waals surface area contributed by atoms with Crippen molar-refractivity contribution in [2.75, 3.05) is 19.6 Å². The zero-order chi connectivity index (χ0) is 9.31. The highest BCUT2D eigenvalue weighted by molar-refractivity contribution is 4.90. The van der Waals surface area contributed by atoms with E-state index in [2.05, 4.69) is 4.90 Å². The standard InChI is InChI=1S/C10H19NO2/c12-9-6-11(7-9)8-10(13)4-2-1-3-5-10/h9,12-13H,1-8H2. The Kier molecular flexibility index (Phi) is 2.58. The summed E-state index contributed by atoms with van der Waals surface area (Å²) in [6, 6.07) is 0. The van der Waals surface area contributed by atoms with Crippen LogP contribution in [-0.2, 0) is 0 Å². The molecule has 1 aliphatic heterocycles. The Morgan fingerprint density at radius 2 is 1.77 bits per heavy atom. The van der Waals surface area contributed by atoms with Gasteiger partial charge in [0.05, 0.1) is 11.7 Å². The van der Waals surface area contributed by atoms with Crippen LogP contribution < -0.4 is 0 Å². The number of β-amino-alcohol motifs (C(OH)–C–C–N with tert-alkyl or cyclic N) is 2. The molecule has 2 N–H and O–H groups in total. The van der Waals surface area contributed by atoms with Gasteiger partial charge in [0.15, 0.2) is 0 Å². The third kappa shape index (κ3) is 2.22. The highest BCUT2D eigenvalue weighted by Crippen LogP contribution is 2.29. The van der Waals surface area contributed by atoms with E-state index in [0.29, 0.717) is 0 Å². The molecule has 3 heteroatoms. The molecule has 1 aliphatic carbocycles. The van der Waals surface area contributed by atoms with E-state index in [-0.39, 0.29) is 6.10 Å². The van der Waals surface area contributed by atoms with Gasteiger partial charge in [-0.1, -0.05) is 19.3 Å². The highest BCUT2D eigenvalue weighted by Gasteiger charge is 2.35. The number of nitrogens with zero attached hydrogens (tertiary/aromatic N) is 1. The van der Waals surface area contributed by atoms with Crippen molar-refractivity contribution in [1.82, 2.24) is 4.90 Å². The van der Waals surface area contributed by atoms with Gasteiger partial charge in [-0.05, 0) is 12.8 Å². The summed E-state index contributed by atoms with van der Waals surface area (Å²) in [4.78, 5) is 2.15. The van der Waals surface area contributed by atoms with Gasteiger partial charge in [-0.25, -0.2) is 0 Å². The summed E-state index contributed by atoms with van der Waals surface area (Å²) in [5, 5.41) is 19.3. The van der Waals surface area contributed by atoms with Gasteiger partial charge in [0.1, 0.15) is 0 Å². The zero-order valence-corrected chi connectivity index (χ0v) is 8.08. The molecule has 0 atom stereocenters. The van der Waals surface area contributed by atoms with Crippen LogP contribution in [0.4, 0.5) is 0 Å². The molecule has 0 aromatic rings. The largest absolute Gasteiger partial charge is 0.390 e. The first-order valence-corrected chi connectivity index (χ1v) is 5.31. The number of likely N-dealkylation sites (tertiary alicyclic amines) is 1. The Balaban J connectivity index is 1.78. The molecule has 0 aromatic carbocycles. The molecule has 2 fully saturated rings. The number of hydrogen-bond donors (Lipinski definition) is 2. The number of aliphatic hydroxyl groups is 2. The van der Waals surface area contributed by atoms with E-state index in [1.54, 1.807) is 0 Å². The molecule has 0 spiro atoms. The van der Waals surface area contributed by atoms with Gasteiger partial charge >= 0.3 is 0 Å². The Hall–Kier alpha value is -0.120. The quantitative estimate of drug-likeness (QED) is 0.653. The first kappa shape index (κ1) is 9.44. The number of rotatable bonds is 2. The molecule has 0 radical (unpaired) electrons. The van der Waals surface area contributed by atoms with E-state index < -0.39 is 5.60 Å². The molecule has 1 heterocycles. The Bertz CT molecular complexity index is 172. The van der Waals surface area contributed by atoms with Gasteiger partial charge in [-0.2, -0.15) is 0 Å².